The van der Waals surface area contributed by atoms with Gasteiger partial charge in [-0.05, 0) is 13.1 Å². The molecule has 0 saturated heterocycles. The van der Waals surface area contributed by atoms with Crippen LogP contribution in [0.2, 0.25) is 0 Å². The molecule has 12 heavy (non-hydrogen) atoms. The van der Waals surface area contributed by atoms with Gasteiger partial charge in [0, 0.05) is 13.2 Å². The van der Waals surface area contributed by atoms with Gasteiger partial charge in [0.25, 0.3) is 0 Å². The Morgan fingerprint density at radius 3 is 1.83 bits per heavy atom. The SMILES string of the molecule is [CH2]C(O)(N(CC)CC)S(C)(=O)=O. The Morgan fingerprint density at radius 1 is 1.42 bits per heavy atom. The Morgan fingerprint density at radius 2 is 1.75 bits per heavy atom. The van der Waals surface area contributed by atoms with Crippen molar-refractivity contribution >= 4 is 9.84 Å². The van der Waals surface area contributed by atoms with Crippen LogP contribution in [0.25, 0.3) is 0 Å². The summed E-state index contributed by atoms with van der Waals surface area (Å²) >= 11 is 0. The van der Waals surface area contributed by atoms with E-state index in [1.165, 1.54) is 4.90 Å². The van der Waals surface area contributed by atoms with Crippen molar-refractivity contribution in [1.29, 1.82) is 0 Å². The minimum Gasteiger partial charge on any atom is -0.363 e. The third kappa shape index (κ3) is 2.18. The molecule has 1 radical (unpaired) electrons. The Hall–Kier alpha value is -0.130. The first-order valence-electron chi connectivity index (χ1n) is 3.79. The van der Waals surface area contributed by atoms with Crippen molar-refractivity contribution in [1.82, 2.24) is 4.90 Å². The van der Waals surface area contributed by atoms with Gasteiger partial charge in [0.15, 0.2) is 9.84 Å². The maximum Gasteiger partial charge on any atom is 0.222 e. The molecule has 0 aromatic rings. The zero-order chi connectivity index (χ0) is 9.99. The molecule has 0 fully saturated rings. The molecule has 0 saturated carbocycles. The first kappa shape index (κ1) is 11.9. The Bertz CT molecular complexity index is 229. The van der Waals surface area contributed by atoms with E-state index in [4.69, 9.17) is 0 Å². The predicted octanol–water partition coefficient (Wildman–Crippen LogP) is -0.147. The second kappa shape index (κ2) is 3.72. The fourth-order valence-electron chi connectivity index (χ4n) is 0.952. The normalized spacial score (nSPS) is 17.8. The second-order valence-electron chi connectivity index (χ2n) is 2.69. The molecule has 0 aliphatic rings. The highest BCUT2D eigenvalue weighted by Crippen LogP contribution is 2.16. The summed E-state index contributed by atoms with van der Waals surface area (Å²) in [4.78, 5) is 1.38. The van der Waals surface area contributed by atoms with Crippen LogP contribution in [-0.2, 0) is 9.84 Å². The van der Waals surface area contributed by atoms with Gasteiger partial charge in [-0.25, -0.2) is 8.42 Å². The number of hydrogen-bond acceptors (Lipinski definition) is 4. The summed E-state index contributed by atoms with van der Waals surface area (Å²) in [5, 5.41) is 7.55. The maximum absolute atomic E-state index is 11.1. The largest absolute Gasteiger partial charge is 0.363 e. The van der Waals surface area contributed by atoms with Crippen molar-refractivity contribution in [3.63, 3.8) is 0 Å². The average molecular weight is 194 g/mol. The van der Waals surface area contributed by atoms with Gasteiger partial charge in [0.2, 0.25) is 5.06 Å². The number of hydrogen-bond donors (Lipinski definition) is 1. The van der Waals surface area contributed by atoms with Gasteiger partial charge in [-0.15, -0.1) is 0 Å². The van der Waals surface area contributed by atoms with Crippen molar-refractivity contribution in [2.45, 2.75) is 18.9 Å². The number of nitrogens with zero attached hydrogens (tertiary/aromatic N) is 1. The lowest BCUT2D eigenvalue weighted by molar-refractivity contribution is 0.00655. The van der Waals surface area contributed by atoms with Crippen molar-refractivity contribution < 1.29 is 13.5 Å². The lowest BCUT2D eigenvalue weighted by Gasteiger charge is -2.33. The van der Waals surface area contributed by atoms with E-state index in [0.29, 0.717) is 13.1 Å². The zero-order valence-corrected chi connectivity index (χ0v) is 8.56. The molecule has 1 unspecified atom stereocenters. The van der Waals surface area contributed by atoms with Gasteiger partial charge >= 0.3 is 0 Å². The lowest BCUT2D eigenvalue weighted by Crippen LogP contribution is -2.51. The minimum atomic E-state index is -3.56. The number of aliphatic hydroxyl groups is 1. The molecule has 1 atom stereocenters. The summed E-state index contributed by atoms with van der Waals surface area (Å²) in [5.74, 6) is 0. The number of rotatable bonds is 4. The molecule has 4 nitrogen and oxygen atoms in total. The highest BCUT2D eigenvalue weighted by atomic mass is 32.2. The fraction of sp³-hybridized carbons (Fsp3) is 0.857. The molecular formula is C7H16NO3S. The molecule has 0 aromatic carbocycles. The molecule has 0 rings (SSSR count). The van der Waals surface area contributed by atoms with Crippen LogP contribution in [0.15, 0.2) is 0 Å². The first-order valence-corrected chi connectivity index (χ1v) is 5.68. The minimum absolute atomic E-state index is 0.448. The van der Waals surface area contributed by atoms with Crippen molar-refractivity contribution in [2.75, 3.05) is 19.3 Å². The van der Waals surface area contributed by atoms with Gasteiger partial charge in [0.05, 0.1) is 0 Å². The van der Waals surface area contributed by atoms with E-state index in [-0.39, 0.29) is 0 Å². The van der Waals surface area contributed by atoms with Crippen LogP contribution in [0.4, 0.5) is 0 Å². The Labute approximate surface area is 74.1 Å². The number of sulfone groups is 1. The van der Waals surface area contributed by atoms with Crippen molar-refractivity contribution in [3.05, 3.63) is 6.92 Å². The molecule has 1 N–H and O–H groups in total. The molecular weight excluding hydrogens is 178 g/mol. The van der Waals surface area contributed by atoms with Crippen LogP contribution in [0, 0.1) is 6.92 Å². The zero-order valence-electron chi connectivity index (χ0n) is 7.74. The lowest BCUT2D eigenvalue weighted by atomic mass is 10.4. The summed E-state index contributed by atoms with van der Waals surface area (Å²) in [5.41, 5.74) is 0. The first-order chi connectivity index (χ1) is 5.27. The van der Waals surface area contributed by atoms with Crippen molar-refractivity contribution in [2.24, 2.45) is 0 Å². The smallest absolute Gasteiger partial charge is 0.222 e. The van der Waals surface area contributed by atoms with E-state index in [0.717, 1.165) is 6.26 Å². The molecule has 5 heteroatoms. The Kier molecular flexibility index (Phi) is 3.68. The summed E-state index contributed by atoms with van der Waals surface area (Å²) in [6.45, 7) is 7.71. The van der Waals surface area contributed by atoms with Gasteiger partial charge in [-0.1, -0.05) is 13.8 Å². The van der Waals surface area contributed by atoms with Gasteiger partial charge in [0.1, 0.15) is 0 Å². The standard InChI is InChI=1S/C7H16NO3S/c1-5-8(6-2)7(3,9)12(4,10)11/h9H,3,5-6H2,1-2,4H3. The fourth-order valence-corrected chi connectivity index (χ4v) is 1.68. The van der Waals surface area contributed by atoms with E-state index in [9.17, 15) is 13.5 Å². The molecule has 0 aliphatic carbocycles. The van der Waals surface area contributed by atoms with Gasteiger partial charge in [-0.3, -0.25) is 4.90 Å². The molecule has 73 valence electrons. The van der Waals surface area contributed by atoms with E-state index in [1.807, 2.05) is 0 Å². The molecule has 0 spiro atoms. The third-order valence-electron chi connectivity index (χ3n) is 1.85. The second-order valence-corrected chi connectivity index (χ2v) is 4.89. The summed E-state index contributed by atoms with van der Waals surface area (Å²) in [7, 11) is -3.56. The summed E-state index contributed by atoms with van der Waals surface area (Å²) in [6.07, 6.45) is 0.971. The van der Waals surface area contributed by atoms with Crippen LogP contribution in [0.1, 0.15) is 13.8 Å². The molecule has 0 heterocycles. The van der Waals surface area contributed by atoms with Crippen LogP contribution >= 0.6 is 0 Å². The van der Waals surface area contributed by atoms with Crippen LogP contribution in [0.3, 0.4) is 0 Å². The Balaban J connectivity index is 4.83. The monoisotopic (exact) mass is 194 g/mol. The highest BCUT2D eigenvalue weighted by Gasteiger charge is 2.37. The molecule has 0 aromatic heterocycles. The van der Waals surface area contributed by atoms with E-state index in [1.54, 1.807) is 13.8 Å². The third-order valence-corrected chi connectivity index (χ3v) is 3.30. The predicted molar refractivity (Wildman–Crippen MR) is 48.1 cm³/mol. The van der Waals surface area contributed by atoms with Crippen LogP contribution in [-0.4, -0.2) is 42.8 Å². The van der Waals surface area contributed by atoms with Gasteiger partial charge < -0.3 is 5.11 Å². The molecule has 0 aliphatic heterocycles. The summed E-state index contributed by atoms with van der Waals surface area (Å²) in [6, 6.07) is 0. The van der Waals surface area contributed by atoms with Crippen LogP contribution in [0.5, 0.6) is 0 Å². The molecule has 0 amide bonds. The van der Waals surface area contributed by atoms with Gasteiger partial charge in [-0.2, -0.15) is 0 Å². The van der Waals surface area contributed by atoms with Crippen LogP contribution < -0.4 is 0 Å². The average Bonchev–Trinajstić information content (AvgIpc) is 1.87. The quantitative estimate of drug-likeness (QED) is 0.632. The summed E-state index contributed by atoms with van der Waals surface area (Å²) < 4.78 is 22.1. The topological polar surface area (TPSA) is 57.6 Å². The van der Waals surface area contributed by atoms with E-state index >= 15 is 0 Å². The van der Waals surface area contributed by atoms with Crippen molar-refractivity contribution in [3.8, 4) is 0 Å². The highest BCUT2D eigenvalue weighted by molar-refractivity contribution is 7.91. The van der Waals surface area contributed by atoms with E-state index in [2.05, 4.69) is 6.92 Å². The molecule has 0 bridgehead atoms. The van der Waals surface area contributed by atoms with E-state index < -0.39 is 14.9 Å². The maximum atomic E-state index is 11.1.